The summed E-state index contributed by atoms with van der Waals surface area (Å²) in [5.74, 6) is -1.73. The van der Waals surface area contributed by atoms with E-state index in [1.807, 2.05) is 13.8 Å². The topological polar surface area (TPSA) is 106 Å². The average Bonchev–Trinajstić information content (AvgIpc) is 3.16. The van der Waals surface area contributed by atoms with Crippen molar-refractivity contribution in [3.63, 3.8) is 0 Å². The molecular formula is C20H26O7. The van der Waals surface area contributed by atoms with Crippen molar-refractivity contribution in [3.8, 4) is 0 Å². The summed E-state index contributed by atoms with van der Waals surface area (Å²) in [7, 11) is 0. The van der Waals surface area contributed by atoms with Crippen molar-refractivity contribution in [3.05, 3.63) is 35.5 Å². The first-order valence-corrected chi connectivity index (χ1v) is 9.10. The SMILES string of the molecule is C=C1C(=O)O[C@@H]2/C=C(\C)C[C@@H](O)/C=C(\C)C[C@@H](OC(=O)[C@]3(CO)O[C@@H]3C)[C@H]12. The van der Waals surface area contributed by atoms with Gasteiger partial charge in [-0.05, 0) is 33.3 Å². The van der Waals surface area contributed by atoms with Crippen molar-refractivity contribution >= 4 is 11.9 Å². The summed E-state index contributed by atoms with van der Waals surface area (Å²) in [5, 5.41) is 19.7. The van der Waals surface area contributed by atoms with E-state index in [4.69, 9.17) is 14.2 Å². The maximum Gasteiger partial charge on any atom is 0.343 e. The smallest absolute Gasteiger partial charge is 0.343 e. The Morgan fingerprint density at radius 1 is 1.33 bits per heavy atom. The van der Waals surface area contributed by atoms with Crippen molar-refractivity contribution in [1.82, 2.24) is 0 Å². The second kappa shape index (κ2) is 7.22. The van der Waals surface area contributed by atoms with E-state index in [2.05, 4.69) is 6.58 Å². The van der Waals surface area contributed by atoms with Crippen molar-refractivity contribution in [2.24, 2.45) is 5.92 Å². The molecule has 0 unspecified atom stereocenters. The predicted octanol–water partition coefficient (Wildman–Crippen LogP) is 1.19. The predicted molar refractivity (Wildman–Crippen MR) is 95.5 cm³/mol. The van der Waals surface area contributed by atoms with Gasteiger partial charge in [0.2, 0.25) is 5.60 Å². The summed E-state index contributed by atoms with van der Waals surface area (Å²) in [6.07, 6.45) is 1.76. The van der Waals surface area contributed by atoms with E-state index in [1.54, 1.807) is 19.1 Å². The highest BCUT2D eigenvalue weighted by Crippen LogP contribution is 2.40. The molecule has 148 valence electrons. The van der Waals surface area contributed by atoms with Crippen LogP contribution in [0.4, 0.5) is 0 Å². The summed E-state index contributed by atoms with van der Waals surface area (Å²) in [5.41, 5.74) is 0.586. The van der Waals surface area contributed by atoms with E-state index < -0.39 is 54.5 Å². The number of ether oxygens (including phenoxy) is 3. The van der Waals surface area contributed by atoms with Gasteiger partial charge < -0.3 is 24.4 Å². The van der Waals surface area contributed by atoms with Crippen LogP contribution >= 0.6 is 0 Å². The molecule has 6 atom stereocenters. The maximum atomic E-state index is 12.7. The van der Waals surface area contributed by atoms with Crippen LogP contribution in [0.5, 0.6) is 0 Å². The highest BCUT2D eigenvalue weighted by molar-refractivity contribution is 5.91. The molecule has 3 rings (SSSR count). The lowest BCUT2D eigenvalue weighted by Gasteiger charge is -2.28. The van der Waals surface area contributed by atoms with Crippen molar-refractivity contribution in [1.29, 1.82) is 0 Å². The molecule has 1 aliphatic carbocycles. The number of fused-ring (bicyclic) bond motifs is 1. The number of carbonyl (C=O) groups excluding carboxylic acids is 2. The first-order chi connectivity index (χ1) is 12.7. The highest BCUT2D eigenvalue weighted by atomic mass is 16.7. The third kappa shape index (κ3) is 3.72. The van der Waals surface area contributed by atoms with E-state index in [1.165, 1.54) is 0 Å². The van der Waals surface area contributed by atoms with E-state index in [0.717, 1.165) is 11.1 Å². The monoisotopic (exact) mass is 378 g/mol. The fraction of sp³-hybridized carbons (Fsp3) is 0.600. The summed E-state index contributed by atoms with van der Waals surface area (Å²) < 4.78 is 16.4. The van der Waals surface area contributed by atoms with Gasteiger partial charge in [0, 0.05) is 12.0 Å². The van der Waals surface area contributed by atoms with Crippen LogP contribution < -0.4 is 0 Å². The highest BCUT2D eigenvalue weighted by Gasteiger charge is 2.62. The maximum absolute atomic E-state index is 12.7. The fourth-order valence-electron chi connectivity index (χ4n) is 3.84. The molecular weight excluding hydrogens is 352 g/mol. The molecule has 0 aromatic carbocycles. The third-order valence-electron chi connectivity index (χ3n) is 5.47. The molecule has 0 aromatic rings. The molecule has 0 amide bonds. The van der Waals surface area contributed by atoms with Gasteiger partial charge in [0.05, 0.1) is 24.7 Å². The number of esters is 2. The summed E-state index contributed by atoms with van der Waals surface area (Å²) in [6.45, 7) is 8.72. The number of aliphatic hydroxyl groups excluding tert-OH is 2. The lowest BCUT2D eigenvalue weighted by atomic mass is 9.85. The van der Waals surface area contributed by atoms with Crippen LogP contribution in [0.15, 0.2) is 35.5 Å². The average molecular weight is 378 g/mol. The molecule has 0 radical (unpaired) electrons. The van der Waals surface area contributed by atoms with Gasteiger partial charge in [-0.15, -0.1) is 0 Å². The molecule has 3 aliphatic rings. The van der Waals surface area contributed by atoms with E-state index in [0.29, 0.717) is 12.8 Å². The molecule has 0 spiro atoms. The van der Waals surface area contributed by atoms with Crippen LogP contribution in [-0.2, 0) is 23.8 Å². The standard InChI is InChI=1S/C20H26O7/c1-10-5-14(22)6-11(2)8-16(17-12(3)18(23)25-15(17)7-10)26-19(24)20(9-21)13(4)27-20/h6-7,13-17,21-22H,3,5,8-9H2,1-2,4H3/b10-7+,11-6+/t13-,14-,15-,16-,17-,20-/m1/s1. The van der Waals surface area contributed by atoms with Gasteiger partial charge in [-0.2, -0.15) is 0 Å². The minimum atomic E-state index is -1.35. The number of hydrogen-bond acceptors (Lipinski definition) is 7. The summed E-state index contributed by atoms with van der Waals surface area (Å²) in [4.78, 5) is 24.8. The van der Waals surface area contributed by atoms with Gasteiger partial charge in [-0.1, -0.05) is 23.8 Å². The van der Waals surface area contributed by atoms with Crippen LogP contribution in [0.1, 0.15) is 33.6 Å². The van der Waals surface area contributed by atoms with Gasteiger partial charge in [0.1, 0.15) is 12.2 Å². The zero-order valence-corrected chi connectivity index (χ0v) is 15.8. The van der Waals surface area contributed by atoms with E-state index >= 15 is 0 Å². The Labute approximate surface area is 158 Å². The molecule has 7 nitrogen and oxygen atoms in total. The number of epoxide rings is 1. The Morgan fingerprint density at radius 2 is 1.96 bits per heavy atom. The summed E-state index contributed by atoms with van der Waals surface area (Å²) >= 11 is 0. The minimum Gasteiger partial charge on any atom is -0.459 e. The van der Waals surface area contributed by atoms with Gasteiger partial charge in [0.25, 0.3) is 0 Å². The first-order valence-electron chi connectivity index (χ1n) is 9.10. The molecule has 0 bridgehead atoms. The molecule has 27 heavy (non-hydrogen) atoms. The third-order valence-corrected chi connectivity index (χ3v) is 5.47. The number of hydrogen-bond donors (Lipinski definition) is 2. The quantitative estimate of drug-likeness (QED) is 0.329. The minimum absolute atomic E-state index is 0.249. The van der Waals surface area contributed by atoms with E-state index in [9.17, 15) is 19.8 Å². The second-order valence-corrected chi connectivity index (χ2v) is 7.67. The molecule has 0 saturated carbocycles. The van der Waals surface area contributed by atoms with Gasteiger partial charge >= 0.3 is 11.9 Å². The molecule has 2 aliphatic heterocycles. The van der Waals surface area contributed by atoms with Crippen LogP contribution in [-0.4, -0.2) is 58.8 Å². The Kier molecular flexibility index (Phi) is 5.29. The van der Waals surface area contributed by atoms with Crippen molar-refractivity contribution in [2.75, 3.05) is 6.61 Å². The number of aliphatic hydroxyl groups is 2. The van der Waals surface area contributed by atoms with E-state index in [-0.39, 0.29) is 5.57 Å². The largest absolute Gasteiger partial charge is 0.459 e. The van der Waals surface area contributed by atoms with Crippen LogP contribution in [0.2, 0.25) is 0 Å². The molecule has 0 aromatic heterocycles. The molecule has 2 heterocycles. The first kappa shape index (κ1) is 19.8. The van der Waals surface area contributed by atoms with Crippen molar-refractivity contribution in [2.45, 2.75) is 63.6 Å². The van der Waals surface area contributed by atoms with Gasteiger partial charge in [0.15, 0.2) is 0 Å². The Hall–Kier alpha value is -1.96. The lowest BCUT2D eigenvalue weighted by Crippen LogP contribution is -2.40. The van der Waals surface area contributed by atoms with Gasteiger partial charge in [-0.3, -0.25) is 0 Å². The van der Waals surface area contributed by atoms with Crippen LogP contribution in [0.25, 0.3) is 0 Å². The Balaban J connectivity index is 1.93. The second-order valence-electron chi connectivity index (χ2n) is 7.67. The lowest BCUT2D eigenvalue weighted by molar-refractivity contribution is -0.160. The van der Waals surface area contributed by atoms with Crippen LogP contribution in [0.3, 0.4) is 0 Å². The Morgan fingerprint density at radius 3 is 2.56 bits per heavy atom. The summed E-state index contributed by atoms with van der Waals surface area (Å²) in [6, 6.07) is 0. The van der Waals surface area contributed by atoms with Crippen molar-refractivity contribution < 1.29 is 34.0 Å². The molecule has 2 saturated heterocycles. The fourth-order valence-corrected chi connectivity index (χ4v) is 3.84. The zero-order valence-electron chi connectivity index (χ0n) is 15.8. The normalized spacial score (nSPS) is 42.9. The molecule has 7 heteroatoms. The molecule has 2 N–H and O–H groups in total. The number of carbonyl (C=O) groups is 2. The zero-order chi connectivity index (χ0) is 19.9. The number of rotatable bonds is 3. The Bertz CT molecular complexity index is 718. The van der Waals surface area contributed by atoms with Crippen LogP contribution in [0, 0.1) is 5.92 Å². The van der Waals surface area contributed by atoms with Gasteiger partial charge in [-0.25, -0.2) is 9.59 Å². The molecule has 2 fully saturated rings.